The SMILES string of the molecule is COc1cc(N2CCN(C(=O)CCc3ccccc3)CC2)c(OC)cc1Cl. The molecule has 1 aliphatic heterocycles. The van der Waals surface area contributed by atoms with Crippen molar-refractivity contribution in [2.75, 3.05) is 45.3 Å². The molecule has 6 heteroatoms. The lowest BCUT2D eigenvalue weighted by atomic mass is 10.1. The Balaban J connectivity index is 1.59. The number of methoxy groups -OCH3 is 2. The average Bonchev–Trinajstić information content (AvgIpc) is 2.72. The zero-order chi connectivity index (χ0) is 19.2. The molecule has 1 saturated heterocycles. The molecule has 3 rings (SSSR count). The maximum Gasteiger partial charge on any atom is 0.223 e. The number of anilines is 1. The van der Waals surface area contributed by atoms with E-state index in [-0.39, 0.29) is 5.91 Å². The zero-order valence-electron chi connectivity index (χ0n) is 15.8. The van der Waals surface area contributed by atoms with Gasteiger partial charge in [0.25, 0.3) is 0 Å². The number of ether oxygens (including phenoxy) is 2. The number of carbonyl (C=O) groups excluding carboxylic acids is 1. The average molecular weight is 389 g/mol. The van der Waals surface area contributed by atoms with E-state index >= 15 is 0 Å². The molecule has 2 aromatic carbocycles. The van der Waals surface area contributed by atoms with Crippen LogP contribution in [-0.4, -0.2) is 51.2 Å². The normalized spacial score (nSPS) is 14.2. The summed E-state index contributed by atoms with van der Waals surface area (Å²) in [5.41, 5.74) is 2.14. The lowest BCUT2D eigenvalue weighted by Gasteiger charge is -2.37. The van der Waals surface area contributed by atoms with Gasteiger partial charge in [0.05, 0.1) is 24.9 Å². The third-order valence-electron chi connectivity index (χ3n) is 4.90. The second-order valence-corrected chi connectivity index (χ2v) is 6.92. The Bertz CT molecular complexity index is 774. The van der Waals surface area contributed by atoms with Crippen molar-refractivity contribution in [1.82, 2.24) is 4.90 Å². The van der Waals surface area contributed by atoms with Crippen LogP contribution in [0.4, 0.5) is 5.69 Å². The number of carbonyl (C=O) groups is 1. The Labute approximate surface area is 165 Å². The van der Waals surface area contributed by atoms with E-state index in [2.05, 4.69) is 17.0 Å². The van der Waals surface area contributed by atoms with E-state index in [0.29, 0.717) is 36.0 Å². The van der Waals surface area contributed by atoms with Crippen LogP contribution in [0.25, 0.3) is 0 Å². The molecule has 5 nitrogen and oxygen atoms in total. The first-order chi connectivity index (χ1) is 13.1. The van der Waals surface area contributed by atoms with Gasteiger partial charge in [-0.1, -0.05) is 41.9 Å². The highest BCUT2D eigenvalue weighted by Gasteiger charge is 2.24. The Morgan fingerprint density at radius 3 is 2.30 bits per heavy atom. The second kappa shape index (κ2) is 9.00. The number of benzene rings is 2. The molecule has 1 aliphatic rings. The Morgan fingerprint density at radius 2 is 1.67 bits per heavy atom. The van der Waals surface area contributed by atoms with E-state index < -0.39 is 0 Å². The van der Waals surface area contributed by atoms with Crippen LogP contribution in [0.2, 0.25) is 5.02 Å². The first kappa shape index (κ1) is 19.4. The molecule has 144 valence electrons. The lowest BCUT2D eigenvalue weighted by Crippen LogP contribution is -2.49. The number of aryl methyl sites for hydroxylation is 1. The monoisotopic (exact) mass is 388 g/mol. The standard InChI is InChI=1S/C21H25ClN2O3/c1-26-19-15-18(20(27-2)14-17(19)22)23-10-12-24(13-11-23)21(25)9-8-16-6-4-3-5-7-16/h3-7,14-15H,8-13H2,1-2H3. The zero-order valence-corrected chi connectivity index (χ0v) is 16.5. The fraction of sp³-hybridized carbons (Fsp3) is 0.381. The van der Waals surface area contributed by atoms with E-state index in [0.717, 1.165) is 25.2 Å². The fourth-order valence-electron chi connectivity index (χ4n) is 3.34. The number of piperazine rings is 1. The summed E-state index contributed by atoms with van der Waals surface area (Å²) in [5, 5.41) is 0.521. The topological polar surface area (TPSA) is 42.0 Å². The number of rotatable bonds is 6. The minimum atomic E-state index is 0.208. The quantitative estimate of drug-likeness (QED) is 0.757. The molecule has 0 aliphatic carbocycles. The van der Waals surface area contributed by atoms with Gasteiger partial charge in [0.15, 0.2) is 0 Å². The minimum Gasteiger partial charge on any atom is -0.495 e. The Morgan fingerprint density at radius 1 is 1.00 bits per heavy atom. The number of nitrogens with zero attached hydrogens (tertiary/aromatic N) is 2. The van der Waals surface area contributed by atoms with Crippen LogP contribution in [0.3, 0.4) is 0 Å². The van der Waals surface area contributed by atoms with Crippen molar-refractivity contribution in [3.8, 4) is 11.5 Å². The van der Waals surface area contributed by atoms with Crippen molar-refractivity contribution in [3.63, 3.8) is 0 Å². The summed E-state index contributed by atoms with van der Waals surface area (Å²) in [6, 6.07) is 13.8. The maximum absolute atomic E-state index is 12.5. The summed E-state index contributed by atoms with van der Waals surface area (Å²) in [6.45, 7) is 2.89. The van der Waals surface area contributed by atoms with Gasteiger partial charge >= 0.3 is 0 Å². The van der Waals surface area contributed by atoms with Crippen molar-refractivity contribution in [2.24, 2.45) is 0 Å². The molecule has 2 aromatic rings. The van der Waals surface area contributed by atoms with E-state index in [1.54, 1.807) is 20.3 Å². The van der Waals surface area contributed by atoms with Gasteiger partial charge in [0, 0.05) is 44.7 Å². The van der Waals surface area contributed by atoms with E-state index in [4.69, 9.17) is 21.1 Å². The molecule has 0 N–H and O–H groups in total. The minimum absolute atomic E-state index is 0.208. The number of amides is 1. The van der Waals surface area contributed by atoms with E-state index in [1.807, 2.05) is 29.2 Å². The van der Waals surface area contributed by atoms with Crippen molar-refractivity contribution in [2.45, 2.75) is 12.8 Å². The van der Waals surface area contributed by atoms with Crippen molar-refractivity contribution in [1.29, 1.82) is 0 Å². The van der Waals surface area contributed by atoms with Crippen LogP contribution in [0.5, 0.6) is 11.5 Å². The van der Waals surface area contributed by atoms with Crippen LogP contribution < -0.4 is 14.4 Å². The fourth-order valence-corrected chi connectivity index (χ4v) is 3.57. The van der Waals surface area contributed by atoms with Crippen LogP contribution >= 0.6 is 11.6 Å². The van der Waals surface area contributed by atoms with Gasteiger partial charge in [0.1, 0.15) is 11.5 Å². The van der Waals surface area contributed by atoms with Gasteiger partial charge in [-0.3, -0.25) is 4.79 Å². The molecule has 1 amide bonds. The third-order valence-corrected chi connectivity index (χ3v) is 5.19. The van der Waals surface area contributed by atoms with E-state index in [1.165, 1.54) is 5.56 Å². The molecule has 1 fully saturated rings. The van der Waals surface area contributed by atoms with Gasteiger partial charge in [-0.25, -0.2) is 0 Å². The van der Waals surface area contributed by atoms with Gasteiger partial charge in [0.2, 0.25) is 5.91 Å². The van der Waals surface area contributed by atoms with Crippen LogP contribution in [0.1, 0.15) is 12.0 Å². The lowest BCUT2D eigenvalue weighted by molar-refractivity contribution is -0.131. The van der Waals surface area contributed by atoms with Crippen LogP contribution in [0.15, 0.2) is 42.5 Å². The first-order valence-corrected chi connectivity index (χ1v) is 9.48. The number of hydrogen-bond acceptors (Lipinski definition) is 4. The van der Waals surface area contributed by atoms with Crippen LogP contribution in [0, 0.1) is 0 Å². The molecule has 27 heavy (non-hydrogen) atoms. The van der Waals surface area contributed by atoms with Gasteiger partial charge in [-0.2, -0.15) is 0 Å². The maximum atomic E-state index is 12.5. The van der Waals surface area contributed by atoms with Crippen LogP contribution in [-0.2, 0) is 11.2 Å². The highest BCUT2D eigenvalue weighted by molar-refractivity contribution is 6.32. The molecule has 0 unspecified atom stereocenters. The molecular weight excluding hydrogens is 364 g/mol. The molecule has 0 atom stereocenters. The predicted molar refractivity (Wildman–Crippen MR) is 108 cm³/mol. The summed E-state index contributed by atoms with van der Waals surface area (Å²) in [6.07, 6.45) is 1.32. The second-order valence-electron chi connectivity index (χ2n) is 6.51. The van der Waals surface area contributed by atoms with Crippen molar-refractivity contribution in [3.05, 3.63) is 53.1 Å². The first-order valence-electron chi connectivity index (χ1n) is 9.10. The molecule has 0 spiro atoms. The summed E-state index contributed by atoms with van der Waals surface area (Å²) in [4.78, 5) is 16.7. The van der Waals surface area contributed by atoms with Gasteiger partial charge < -0.3 is 19.3 Å². The summed E-state index contributed by atoms with van der Waals surface area (Å²) < 4.78 is 10.8. The molecule has 0 aromatic heterocycles. The van der Waals surface area contributed by atoms with Gasteiger partial charge in [-0.15, -0.1) is 0 Å². The number of halogens is 1. The predicted octanol–water partition coefficient (Wildman–Crippen LogP) is 3.64. The Kier molecular flexibility index (Phi) is 6.45. The highest BCUT2D eigenvalue weighted by atomic mass is 35.5. The number of hydrogen-bond donors (Lipinski definition) is 0. The molecule has 1 heterocycles. The summed E-state index contributed by atoms with van der Waals surface area (Å²) >= 11 is 6.19. The highest BCUT2D eigenvalue weighted by Crippen LogP contribution is 2.38. The van der Waals surface area contributed by atoms with Gasteiger partial charge in [-0.05, 0) is 12.0 Å². The summed E-state index contributed by atoms with van der Waals surface area (Å²) in [7, 11) is 3.23. The largest absolute Gasteiger partial charge is 0.495 e. The summed E-state index contributed by atoms with van der Waals surface area (Å²) in [5.74, 6) is 1.54. The molecule has 0 bridgehead atoms. The molecular formula is C21H25ClN2O3. The van der Waals surface area contributed by atoms with Crippen molar-refractivity contribution >= 4 is 23.2 Å². The van der Waals surface area contributed by atoms with Crippen molar-refractivity contribution < 1.29 is 14.3 Å². The smallest absolute Gasteiger partial charge is 0.223 e. The Hall–Kier alpha value is -2.40. The third kappa shape index (κ3) is 4.66. The van der Waals surface area contributed by atoms with E-state index in [9.17, 15) is 4.79 Å². The molecule has 0 radical (unpaired) electrons. The molecule has 0 saturated carbocycles.